The fourth-order valence-corrected chi connectivity index (χ4v) is 6.07. The maximum absolute atomic E-state index is 12.1. The molecule has 4 aromatic rings. The molecule has 5 rings (SSSR count). The monoisotopic (exact) mass is 573 g/mol. The summed E-state index contributed by atoms with van der Waals surface area (Å²) in [6, 6.07) is 19.1. The van der Waals surface area contributed by atoms with Gasteiger partial charge in [-0.25, -0.2) is 0 Å². The Morgan fingerprint density at radius 2 is 1.88 bits per heavy atom. The van der Waals surface area contributed by atoms with Crippen LogP contribution in [0.4, 0.5) is 11.4 Å². The van der Waals surface area contributed by atoms with Gasteiger partial charge in [0.2, 0.25) is 5.91 Å². The van der Waals surface area contributed by atoms with E-state index in [2.05, 4.69) is 46.9 Å². The first-order chi connectivity index (χ1) is 19.2. The van der Waals surface area contributed by atoms with Gasteiger partial charge < -0.3 is 24.8 Å². The second kappa shape index (κ2) is 11.3. The number of ether oxygens (including phenoxy) is 1. The average Bonchev–Trinajstić information content (AvgIpc) is 3.40. The topological polar surface area (TPSA) is 71.4 Å². The van der Waals surface area contributed by atoms with Gasteiger partial charge in [0.1, 0.15) is 5.75 Å². The molecule has 2 atom stereocenters. The summed E-state index contributed by atoms with van der Waals surface area (Å²) in [6.45, 7) is 8.23. The molecule has 2 aromatic heterocycles. The van der Waals surface area contributed by atoms with Crippen LogP contribution >= 0.6 is 23.8 Å². The fraction of sp³-hybridized carbons (Fsp3) is 0.258. The minimum absolute atomic E-state index is 0.0819. The zero-order chi connectivity index (χ0) is 28.6. The minimum Gasteiger partial charge on any atom is -0.494 e. The molecule has 1 aliphatic rings. The average molecular weight is 574 g/mol. The Kier molecular flexibility index (Phi) is 7.83. The number of hydrogen-bond donors (Lipinski definition) is 2. The van der Waals surface area contributed by atoms with Gasteiger partial charge in [-0.1, -0.05) is 30.7 Å². The number of thiocarbonyl (C=S) groups is 1. The van der Waals surface area contributed by atoms with Crippen molar-refractivity contribution in [2.75, 3.05) is 17.3 Å². The molecule has 0 spiro atoms. The third-order valence-electron chi connectivity index (χ3n) is 7.53. The summed E-state index contributed by atoms with van der Waals surface area (Å²) in [6.07, 6.45) is 2.18. The number of methoxy groups -OCH3 is 1. The SMILES string of the molecule is CCC(=O)Nc1ccc(N2C(=S)NC(c3ccccn3)C2c2c(C)c(C)n(-c3cccc(Cl)c3)c2C)cc1OC. The van der Waals surface area contributed by atoms with Crippen LogP contribution in [0.15, 0.2) is 66.9 Å². The highest BCUT2D eigenvalue weighted by molar-refractivity contribution is 7.80. The van der Waals surface area contributed by atoms with Crippen LogP contribution in [0.25, 0.3) is 5.69 Å². The number of carbonyl (C=O) groups is 1. The van der Waals surface area contributed by atoms with E-state index >= 15 is 0 Å². The third kappa shape index (κ3) is 4.93. The fourth-order valence-electron chi connectivity index (χ4n) is 5.54. The van der Waals surface area contributed by atoms with Gasteiger partial charge in [0.15, 0.2) is 5.11 Å². The lowest BCUT2D eigenvalue weighted by molar-refractivity contribution is -0.115. The highest BCUT2D eigenvalue weighted by Crippen LogP contribution is 2.46. The van der Waals surface area contributed by atoms with Crippen LogP contribution in [0, 0.1) is 20.8 Å². The third-order valence-corrected chi connectivity index (χ3v) is 8.08. The van der Waals surface area contributed by atoms with E-state index in [1.54, 1.807) is 13.3 Å². The Balaban J connectivity index is 1.69. The number of halogens is 1. The molecule has 1 amide bonds. The standard InChI is InChI=1S/C31H32ClN5O2S/c1-6-27(38)34-24-14-13-23(17-26(24)39-5)37-30(29(35-31(37)40)25-12-7-8-15-33-25)28-18(2)19(3)36(20(28)4)22-11-9-10-21(32)16-22/h7-17,29-30H,6H2,1-5H3,(H,34,38)(H,35,40). The van der Waals surface area contributed by atoms with Crippen molar-refractivity contribution in [2.45, 2.75) is 46.2 Å². The van der Waals surface area contributed by atoms with Gasteiger partial charge in [-0.15, -0.1) is 0 Å². The number of pyridine rings is 1. The molecule has 0 saturated carbocycles. The first-order valence-electron chi connectivity index (χ1n) is 13.2. The predicted octanol–water partition coefficient (Wildman–Crippen LogP) is 6.99. The summed E-state index contributed by atoms with van der Waals surface area (Å²) in [5, 5.41) is 7.73. The summed E-state index contributed by atoms with van der Waals surface area (Å²) in [5.74, 6) is 0.477. The predicted molar refractivity (Wildman–Crippen MR) is 165 cm³/mol. The number of amides is 1. The number of nitrogens with one attached hydrogen (secondary N) is 2. The maximum atomic E-state index is 12.1. The molecule has 0 aliphatic carbocycles. The van der Waals surface area contributed by atoms with E-state index in [-0.39, 0.29) is 18.0 Å². The Labute approximate surface area is 245 Å². The van der Waals surface area contributed by atoms with Crippen molar-refractivity contribution in [3.63, 3.8) is 0 Å². The van der Waals surface area contributed by atoms with Gasteiger partial charge in [-0.3, -0.25) is 9.78 Å². The van der Waals surface area contributed by atoms with Crippen molar-refractivity contribution in [2.24, 2.45) is 0 Å². The Morgan fingerprint density at radius 1 is 1.07 bits per heavy atom. The molecule has 7 nitrogen and oxygen atoms in total. The van der Waals surface area contributed by atoms with Gasteiger partial charge in [0.05, 0.1) is 30.6 Å². The van der Waals surface area contributed by atoms with Crippen molar-refractivity contribution < 1.29 is 9.53 Å². The molecular weight excluding hydrogens is 542 g/mol. The van der Waals surface area contributed by atoms with E-state index in [0.29, 0.717) is 28.0 Å². The van der Waals surface area contributed by atoms with Gasteiger partial charge in [-0.05, 0) is 81.0 Å². The van der Waals surface area contributed by atoms with Crippen molar-refractivity contribution in [3.05, 3.63) is 100 Å². The molecule has 9 heteroatoms. The molecule has 40 heavy (non-hydrogen) atoms. The Bertz CT molecular complexity index is 1590. The van der Waals surface area contributed by atoms with Gasteiger partial charge >= 0.3 is 0 Å². The van der Waals surface area contributed by atoms with Crippen LogP contribution in [0.1, 0.15) is 53.6 Å². The zero-order valence-electron chi connectivity index (χ0n) is 23.2. The number of hydrogen-bond acceptors (Lipinski definition) is 4. The lowest BCUT2D eigenvalue weighted by Crippen LogP contribution is -2.30. The molecule has 2 unspecified atom stereocenters. The second-order valence-electron chi connectivity index (χ2n) is 9.81. The maximum Gasteiger partial charge on any atom is 0.224 e. The second-order valence-corrected chi connectivity index (χ2v) is 10.6. The van der Waals surface area contributed by atoms with Crippen LogP contribution in [-0.4, -0.2) is 27.7 Å². The molecule has 3 heterocycles. The molecule has 206 valence electrons. The number of rotatable bonds is 7. The number of benzene rings is 2. The number of aromatic nitrogens is 2. The summed E-state index contributed by atoms with van der Waals surface area (Å²) in [7, 11) is 1.60. The summed E-state index contributed by atoms with van der Waals surface area (Å²) < 4.78 is 7.93. The highest BCUT2D eigenvalue weighted by atomic mass is 35.5. The van der Waals surface area contributed by atoms with E-state index in [9.17, 15) is 4.79 Å². The Morgan fingerprint density at radius 3 is 2.55 bits per heavy atom. The number of carbonyl (C=O) groups excluding carboxylic acids is 1. The van der Waals surface area contributed by atoms with E-state index in [1.807, 2.05) is 61.5 Å². The first-order valence-corrected chi connectivity index (χ1v) is 14.0. The number of nitrogens with zero attached hydrogens (tertiary/aromatic N) is 3. The van der Waals surface area contributed by atoms with Gasteiger partial charge in [0.25, 0.3) is 0 Å². The van der Waals surface area contributed by atoms with Crippen LogP contribution in [0.3, 0.4) is 0 Å². The molecule has 1 fully saturated rings. The lowest BCUT2D eigenvalue weighted by atomic mass is 9.93. The van der Waals surface area contributed by atoms with Crippen LogP contribution < -0.4 is 20.3 Å². The lowest BCUT2D eigenvalue weighted by Gasteiger charge is -2.29. The molecule has 0 bridgehead atoms. The zero-order valence-corrected chi connectivity index (χ0v) is 24.7. The van der Waals surface area contributed by atoms with Gasteiger partial charge in [0, 0.05) is 52.0 Å². The molecule has 0 radical (unpaired) electrons. The smallest absolute Gasteiger partial charge is 0.224 e. The minimum atomic E-state index is -0.206. The summed E-state index contributed by atoms with van der Waals surface area (Å²) in [4.78, 5) is 18.9. The van der Waals surface area contributed by atoms with Crippen LogP contribution in [0.2, 0.25) is 5.02 Å². The van der Waals surface area contributed by atoms with E-state index in [4.69, 9.17) is 33.5 Å². The van der Waals surface area contributed by atoms with Crippen molar-refractivity contribution in [1.82, 2.24) is 14.9 Å². The van der Waals surface area contributed by atoms with Crippen molar-refractivity contribution in [1.29, 1.82) is 0 Å². The van der Waals surface area contributed by atoms with E-state index in [1.165, 1.54) is 5.56 Å². The van der Waals surface area contributed by atoms with Crippen molar-refractivity contribution >= 4 is 46.2 Å². The van der Waals surface area contributed by atoms with Crippen LogP contribution in [-0.2, 0) is 4.79 Å². The normalized spacial score (nSPS) is 16.6. The highest BCUT2D eigenvalue weighted by Gasteiger charge is 2.43. The molecule has 2 N–H and O–H groups in total. The quantitative estimate of drug-likeness (QED) is 0.232. The molecular formula is C31H32ClN5O2S. The Hall–Kier alpha value is -3.88. The first kappa shape index (κ1) is 27.7. The summed E-state index contributed by atoms with van der Waals surface area (Å²) in [5.41, 5.74) is 7.90. The van der Waals surface area contributed by atoms with E-state index < -0.39 is 0 Å². The largest absolute Gasteiger partial charge is 0.494 e. The molecule has 1 saturated heterocycles. The summed E-state index contributed by atoms with van der Waals surface area (Å²) >= 11 is 12.4. The number of anilines is 2. The molecule has 1 aliphatic heterocycles. The van der Waals surface area contributed by atoms with Crippen LogP contribution in [0.5, 0.6) is 5.75 Å². The molecule has 2 aromatic carbocycles. The van der Waals surface area contributed by atoms with Crippen molar-refractivity contribution in [3.8, 4) is 11.4 Å². The van der Waals surface area contributed by atoms with E-state index in [0.717, 1.165) is 34.0 Å². The van der Waals surface area contributed by atoms with Gasteiger partial charge in [-0.2, -0.15) is 0 Å².